The average Bonchev–Trinajstić information content (AvgIpc) is 2.27. The van der Waals surface area contributed by atoms with Gasteiger partial charge in [-0.05, 0) is 6.92 Å². The Labute approximate surface area is 105 Å². The van der Waals surface area contributed by atoms with E-state index in [0.717, 1.165) is 4.31 Å². The fraction of sp³-hybridized carbons (Fsp3) is 0.778. The molecule has 0 bridgehead atoms. The lowest BCUT2D eigenvalue weighted by Gasteiger charge is -2.32. The molecule has 2 N–H and O–H groups in total. The minimum absolute atomic E-state index is 0.0547. The third-order valence-corrected chi connectivity index (χ3v) is 4.18. The van der Waals surface area contributed by atoms with Gasteiger partial charge in [-0.1, -0.05) is 0 Å². The molecule has 0 aromatic heterocycles. The van der Waals surface area contributed by atoms with Gasteiger partial charge in [-0.15, -0.1) is 0 Å². The molecule has 0 saturated carbocycles. The first kappa shape index (κ1) is 14.9. The van der Waals surface area contributed by atoms with Gasteiger partial charge in [0, 0.05) is 19.6 Å². The summed E-state index contributed by atoms with van der Waals surface area (Å²) in [5, 5.41) is 11.4. The van der Waals surface area contributed by atoms with Gasteiger partial charge in [-0.3, -0.25) is 9.59 Å². The first-order chi connectivity index (χ1) is 8.38. The fourth-order valence-corrected chi connectivity index (χ4v) is 3.09. The molecule has 1 rings (SSSR count). The van der Waals surface area contributed by atoms with E-state index in [0.29, 0.717) is 6.54 Å². The van der Waals surface area contributed by atoms with Crippen molar-refractivity contribution in [1.29, 1.82) is 0 Å². The molecule has 0 radical (unpaired) electrons. The number of carbonyl (C=O) groups excluding carboxylic acids is 1. The minimum Gasteiger partial charge on any atom is -0.480 e. The van der Waals surface area contributed by atoms with Crippen molar-refractivity contribution in [2.75, 3.05) is 32.0 Å². The molecule has 8 nitrogen and oxygen atoms in total. The smallest absolute Gasteiger partial charge is 0.325 e. The number of ether oxygens (including phenoxy) is 1. The molecule has 1 unspecified atom stereocenters. The second-order valence-corrected chi connectivity index (χ2v) is 5.65. The quantitative estimate of drug-likeness (QED) is 0.573. The van der Waals surface area contributed by atoms with E-state index in [9.17, 15) is 18.0 Å². The van der Waals surface area contributed by atoms with E-state index in [2.05, 4.69) is 5.32 Å². The summed E-state index contributed by atoms with van der Waals surface area (Å²) in [5.74, 6) is -3.14. The van der Waals surface area contributed by atoms with E-state index >= 15 is 0 Å². The van der Waals surface area contributed by atoms with E-state index in [1.807, 2.05) is 0 Å². The van der Waals surface area contributed by atoms with Crippen molar-refractivity contribution in [2.45, 2.75) is 13.0 Å². The first-order valence-corrected chi connectivity index (χ1v) is 7.08. The maximum Gasteiger partial charge on any atom is 0.325 e. The number of nitrogens with one attached hydrogen (secondary N) is 1. The summed E-state index contributed by atoms with van der Waals surface area (Å²) in [7, 11) is -4.00. The molecule has 0 aromatic rings. The van der Waals surface area contributed by atoms with Gasteiger partial charge < -0.3 is 15.2 Å². The number of nitrogens with zero attached hydrogens (tertiary/aromatic N) is 1. The zero-order valence-corrected chi connectivity index (χ0v) is 10.8. The summed E-state index contributed by atoms with van der Waals surface area (Å²) < 4.78 is 29.3. The van der Waals surface area contributed by atoms with E-state index < -0.39 is 33.8 Å². The van der Waals surface area contributed by atoms with Crippen molar-refractivity contribution >= 4 is 22.0 Å². The molecule has 1 saturated heterocycles. The van der Waals surface area contributed by atoms with E-state index in [4.69, 9.17) is 9.84 Å². The number of rotatable bonds is 5. The monoisotopic (exact) mass is 280 g/mol. The van der Waals surface area contributed by atoms with Crippen molar-refractivity contribution in [1.82, 2.24) is 9.62 Å². The van der Waals surface area contributed by atoms with Crippen LogP contribution in [-0.4, -0.2) is 67.8 Å². The Morgan fingerprint density at radius 2 is 2.17 bits per heavy atom. The van der Waals surface area contributed by atoms with Gasteiger partial charge in [0.25, 0.3) is 0 Å². The normalized spacial score (nSPS) is 21.5. The highest BCUT2D eigenvalue weighted by atomic mass is 32.2. The maximum atomic E-state index is 11.8. The summed E-state index contributed by atoms with van der Waals surface area (Å²) >= 11 is 0. The zero-order chi connectivity index (χ0) is 13.8. The largest absolute Gasteiger partial charge is 0.480 e. The van der Waals surface area contributed by atoms with Crippen LogP contribution in [0.15, 0.2) is 0 Å². The molecule has 0 aromatic carbocycles. The molecule has 1 aliphatic rings. The number of hydrogen-bond acceptors (Lipinski definition) is 6. The highest BCUT2D eigenvalue weighted by Gasteiger charge is 2.38. The van der Waals surface area contributed by atoms with Crippen molar-refractivity contribution in [3.05, 3.63) is 0 Å². The Hall–Kier alpha value is -1.19. The molecule has 104 valence electrons. The predicted octanol–water partition coefficient (Wildman–Crippen LogP) is -1.76. The molecular formula is C9H16N2O6S. The Bertz CT molecular complexity index is 421. The highest BCUT2D eigenvalue weighted by Crippen LogP contribution is 2.12. The number of aliphatic carboxylic acids is 1. The van der Waals surface area contributed by atoms with Gasteiger partial charge in [0.05, 0.1) is 6.61 Å². The van der Waals surface area contributed by atoms with E-state index in [1.165, 1.54) is 0 Å². The zero-order valence-electron chi connectivity index (χ0n) is 9.96. The van der Waals surface area contributed by atoms with Crippen LogP contribution in [0.5, 0.6) is 0 Å². The molecule has 0 amide bonds. The number of carbonyl (C=O) groups is 2. The van der Waals surface area contributed by atoms with Crippen molar-refractivity contribution in [3.8, 4) is 0 Å². The minimum atomic E-state index is -4.00. The molecule has 0 spiro atoms. The summed E-state index contributed by atoms with van der Waals surface area (Å²) in [6.07, 6.45) is 0. The van der Waals surface area contributed by atoms with Crippen LogP contribution >= 0.6 is 0 Å². The lowest BCUT2D eigenvalue weighted by atomic mass is 10.2. The molecule has 1 atom stereocenters. The van der Waals surface area contributed by atoms with Crippen LogP contribution in [0, 0.1) is 0 Å². The van der Waals surface area contributed by atoms with Gasteiger partial charge in [0.2, 0.25) is 10.0 Å². The van der Waals surface area contributed by atoms with Gasteiger partial charge in [-0.25, -0.2) is 8.42 Å². The number of piperazine rings is 1. The Balaban J connectivity index is 2.88. The molecule has 1 aliphatic heterocycles. The van der Waals surface area contributed by atoms with Crippen molar-refractivity contribution in [2.24, 2.45) is 0 Å². The van der Waals surface area contributed by atoms with Crippen LogP contribution in [0.1, 0.15) is 6.92 Å². The van der Waals surface area contributed by atoms with Crippen molar-refractivity contribution < 1.29 is 27.9 Å². The van der Waals surface area contributed by atoms with Crippen LogP contribution in [0.2, 0.25) is 0 Å². The fourth-order valence-electron chi connectivity index (χ4n) is 1.70. The highest BCUT2D eigenvalue weighted by molar-refractivity contribution is 7.89. The Kier molecular flexibility index (Phi) is 5.05. The number of carboxylic acids is 1. The van der Waals surface area contributed by atoms with Gasteiger partial charge >= 0.3 is 11.9 Å². The predicted molar refractivity (Wildman–Crippen MR) is 61.4 cm³/mol. The number of carboxylic acid groups (broad SMARTS) is 1. The molecule has 1 heterocycles. The SMILES string of the molecule is CCOC(=O)C1CNCCN1S(=O)(=O)CC(=O)O. The van der Waals surface area contributed by atoms with Crippen LogP contribution in [-0.2, 0) is 24.3 Å². The summed E-state index contributed by atoms with van der Waals surface area (Å²) in [6.45, 7) is 2.30. The average molecular weight is 280 g/mol. The maximum absolute atomic E-state index is 11.8. The lowest BCUT2D eigenvalue weighted by molar-refractivity contribution is -0.148. The van der Waals surface area contributed by atoms with Gasteiger partial charge in [-0.2, -0.15) is 4.31 Å². The number of esters is 1. The van der Waals surface area contributed by atoms with Crippen LogP contribution < -0.4 is 5.32 Å². The lowest BCUT2D eigenvalue weighted by Crippen LogP contribution is -2.58. The van der Waals surface area contributed by atoms with Gasteiger partial charge in [0.15, 0.2) is 5.75 Å². The second kappa shape index (κ2) is 6.12. The van der Waals surface area contributed by atoms with Crippen molar-refractivity contribution in [3.63, 3.8) is 0 Å². The Morgan fingerprint density at radius 3 is 2.72 bits per heavy atom. The molecule has 9 heteroatoms. The van der Waals surface area contributed by atoms with E-state index in [1.54, 1.807) is 6.92 Å². The molecule has 18 heavy (non-hydrogen) atoms. The Morgan fingerprint density at radius 1 is 1.50 bits per heavy atom. The third kappa shape index (κ3) is 3.65. The van der Waals surface area contributed by atoms with Crippen LogP contribution in [0.3, 0.4) is 0 Å². The molecular weight excluding hydrogens is 264 g/mol. The first-order valence-electron chi connectivity index (χ1n) is 5.47. The summed E-state index contributed by atoms with van der Waals surface area (Å²) in [4.78, 5) is 22.1. The topological polar surface area (TPSA) is 113 Å². The third-order valence-electron chi connectivity index (χ3n) is 2.42. The number of hydrogen-bond donors (Lipinski definition) is 2. The second-order valence-electron chi connectivity index (χ2n) is 3.73. The summed E-state index contributed by atoms with van der Waals surface area (Å²) in [5.41, 5.74) is 0. The number of sulfonamides is 1. The van der Waals surface area contributed by atoms with Crippen LogP contribution in [0.4, 0.5) is 0 Å². The summed E-state index contributed by atoms with van der Waals surface area (Å²) in [6, 6.07) is -0.997. The molecule has 1 fully saturated rings. The molecule has 0 aliphatic carbocycles. The van der Waals surface area contributed by atoms with Gasteiger partial charge in [0.1, 0.15) is 6.04 Å². The standard InChI is InChI=1S/C9H16N2O6S/c1-2-17-9(14)7-5-10-3-4-11(7)18(15,16)6-8(12)13/h7,10H,2-6H2,1H3,(H,12,13). The van der Waals surface area contributed by atoms with Crippen LogP contribution in [0.25, 0.3) is 0 Å². The van der Waals surface area contributed by atoms with E-state index in [-0.39, 0.29) is 19.7 Å².